The van der Waals surface area contributed by atoms with E-state index >= 15 is 0 Å². The number of hydrogen-bond acceptors (Lipinski definition) is 6. The number of aromatic amines is 1. The van der Waals surface area contributed by atoms with Crippen LogP contribution in [0.15, 0.2) is 65.1 Å². The number of carboxylic acid groups (broad SMARTS) is 1. The normalized spacial score (nSPS) is 14.5. The molecule has 1 atom stereocenters. The van der Waals surface area contributed by atoms with Crippen LogP contribution >= 0.6 is 0 Å². The number of carboxylic acids is 1. The Bertz CT molecular complexity index is 1780. The van der Waals surface area contributed by atoms with E-state index in [1.54, 1.807) is 12.1 Å². The minimum Gasteiger partial charge on any atom is -0.478 e. The number of rotatable bonds is 7. The number of nitrogens with one attached hydrogen (secondary N) is 2. The number of amides is 1. The average molecular weight is 560 g/mol. The molecule has 1 aliphatic rings. The van der Waals surface area contributed by atoms with Crippen molar-refractivity contribution < 1.29 is 32.3 Å². The van der Waals surface area contributed by atoms with E-state index in [1.807, 2.05) is 0 Å². The Labute approximate surface area is 230 Å². The van der Waals surface area contributed by atoms with E-state index in [1.165, 1.54) is 36.4 Å². The Balaban J connectivity index is 1.33. The van der Waals surface area contributed by atoms with Crippen LogP contribution in [0.4, 0.5) is 13.2 Å². The third-order valence-corrected chi connectivity index (χ3v) is 6.89. The van der Waals surface area contributed by atoms with Crippen LogP contribution in [0.1, 0.15) is 49.6 Å². The molecule has 6 rings (SSSR count). The highest BCUT2D eigenvalue weighted by Crippen LogP contribution is 2.35. The van der Waals surface area contributed by atoms with Crippen molar-refractivity contribution in [1.82, 2.24) is 25.7 Å². The van der Waals surface area contributed by atoms with Crippen molar-refractivity contribution in [2.24, 2.45) is 0 Å². The molecule has 5 aromatic rings. The molecule has 0 fully saturated rings. The molecule has 0 aliphatic carbocycles. The molecule has 1 unspecified atom stereocenters. The van der Waals surface area contributed by atoms with Crippen LogP contribution in [0, 0.1) is 17.5 Å². The van der Waals surface area contributed by atoms with Gasteiger partial charge in [-0.2, -0.15) is 5.10 Å². The van der Waals surface area contributed by atoms with Gasteiger partial charge in [-0.25, -0.2) is 18.0 Å². The number of nitrogens with zero attached hydrogens (tertiary/aromatic N) is 3. The molecule has 206 valence electrons. The van der Waals surface area contributed by atoms with Crippen molar-refractivity contribution in [3.8, 4) is 22.6 Å². The Morgan fingerprint density at radius 2 is 1.68 bits per heavy atom. The van der Waals surface area contributed by atoms with Gasteiger partial charge in [-0.1, -0.05) is 12.1 Å². The van der Waals surface area contributed by atoms with E-state index in [0.717, 1.165) is 12.1 Å². The van der Waals surface area contributed by atoms with Crippen molar-refractivity contribution in [3.05, 3.63) is 112 Å². The van der Waals surface area contributed by atoms with Crippen LogP contribution in [0.3, 0.4) is 0 Å². The summed E-state index contributed by atoms with van der Waals surface area (Å²) in [6.45, 7) is 0. The number of aryl methyl sites for hydroxylation is 2. The van der Waals surface area contributed by atoms with Gasteiger partial charge < -0.3 is 14.8 Å². The predicted molar refractivity (Wildman–Crippen MR) is 138 cm³/mol. The highest BCUT2D eigenvalue weighted by atomic mass is 19.1. The smallest absolute Gasteiger partial charge is 0.335 e. The number of aromatic carboxylic acids is 1. The molecule has 0 saturated carbocycles. The van der Waals surface area contributed by atoms with Crippen LogP contribution in [0.5, 0.6) is 0 Å². The number of fused-ring (bicyclic) bond motifs is 1. The Morgan fingerprint density at radius 1 is 0.951 bits per heavy atom. The minimum atomic E-state index is -1.09. The fourth-order valence-electron chi connectivity index (χ4n) is 4.89. The zero-order chi connectivity index (χ0) is 28.7. The van der Waals surface area contributed by atoms with Crippen LogP contribution in [0.2, 0.25) is 0 Å². The van der Waals surface area contributed by atoms with E-state index in [2.05, 4.69) is 25.7 Å². The van der Waals surface area contributed by atoms with E-state index in [4.69, 9.17) is 4.42 Å². The zero-order valence-electron chi connectivity index (χ0n) is 21.1. The number of benzene rings is 3. The lowest BCUT2D eigenvalue weighted by Crippen LogP contribution is -2.36. The molecule has 3 heterocycles. The van der Waals surface area contributed by atoms with Crippen molar-refractivity contribution in [2.75, 3.05) is 0 Å². The number of aromatic nitrogens is 4. The van der Waals surface area contributed by atoms with Crippen LogP contribution < -0.4 is 5.32 Å². The van der Waals surface area contributed by atoms with E-state index in [0.29, 0.717) is 46.8 Å². The van der Waals surface area contributed by atoms with Crippen LogP contribution in [0.25, 0.3) is 22.6 Å². The van der Waals surface area contributed by atoms with Crippen LogP contribution in [-0.2, 0) is 19.3 Å². The van der Waals surface area contributed by atoms with Gasteiger partial charge in [0.15, 0.2) is 0 Å². The van der Waals surface area contributed by atoms with Gasteiger partial charge in [0.2, 0.25) is 11.8 Å². The Kier molecular flexibility index (Phi) is 6.58. The second-order valence-electron chi connectivity index (χ2n) is 9.50. The number of carbonyl (C=O) groups is 2. The second-order valence-corrected chi connectivity index (χ2v) is 9.50. The second kappa shape index (κ2) is 10.4. The lowest BCUT2D eigenvalue weighted by Gasteiger charge is -2.26. The van der Waals surface area contributed by atoms with E-state index in [-0.39, 0.29) is 34.8 Å². The lowest BCUT2D eigenvalue weighted by molar-refractivity contribution is 0.0696. The first kappa shape index (κ1) is 26.0. The molecule has 0 bridgehead atoms. The summed E-state index contributed by atoms with van der Waals surface area (Å²) in [4.78, 5) is 24.2. The largest absolute Gasteiger partial charge is 0.478 e. The molecule has 2 aromatic heterocycles. The molecular weight excluding hydrogens is 539 g/mol. The molecule has 0 saturated heterocycles. The Hall–Kier alpha value is -5.26. The van der Waals surface area contributed by atoms with Gasteiger partial charge in [0.1, 0.15) is 17.5 Å². The monoisotopic (exact) mass is 559 g/mol. The first-order chi connectivity index (χ1) is 19.8. The quantitative estimate of drug-likeness (QED) is 0.254. The summed E-state index contributed by atoms with van der Waals surface area (Å²) in [5, 5.41) is 27.6. The van der Waals surface area contributed by atoms with Crippen LogP contribution in [-0.4, -0.2) is 37.4 Å². The van der Waals surface area contributed by atoms with Crippen molar-refractivity contribution in [3.63, 3.8) is 0 Å². The molecule has 12 heteroatoms. The molecule has 3 N–H and O–H groups in total. The maximum atomic E-state index is 14.7. The van der Waals surface area contributed by atoms with Gasteiger partial charge >= 0.3 is 5.97 Å². The summed E-state index contributed by atoms with van der Waals surface area (Å²) in [7, 11) is 0. The maximum absolute atomic E-state index is 14.7. The van der Waals surface area contributed by atoms with Gasteiger partial charge in [0.25, 0.3) is 5.91 Å². The van der Waals surface area contributed by atoms with Crippen molar-refractivity contribution in [2.45, 2.75) is 25.3 Å². The molecule has 9 nitrogen and oxygen atoms in total. The van der Waals surface area contributed by atoms with Crippen molar-refractivity contribution in [1.29, 1.82) is 0 Å². The third kappa shape index (κ3) is 5.07. The molecule has 0 radical (unpaired) electrons. The third-order valence-electron chi connectivity index (χ3n) is 6.89. The number of hydrogen-bond donors (Lipinski definition) is 3. The first-order valence-corrected chi connectivity index (χ1v) is 12.5. The number of H-pyrrole nitrogens is 1. The molecule has 3 aromatic carbocycles. The van der Waals surface area contributed by atoms with Gasteiger partial charge in [-0.15, -0.1) is 10.2 Å². The average Bonchev–Trinajstić information content (AvgIpc) is 3.60. The summed E-state index contributed by atoms with van der Waals surface area (Å²) in [5.74, 6) is -3.23. The fraction of sp³-hybridized carbons (Fsp3) is 0.138. The molecule has 1 amide bonds. The molecule has 1 aliphatic heterocycles. The number of carbonyl (C=O) groups excluding carboxylic acids is 1. The van der Waals surface area contributed by atoms with Crippen molar-refractivity contribution >= 4 is 11.9 Å². The summed E-state index contributed by atoms with van der Waals surface area (Å²) in [6.07, 6.45) is 0.664. The minimum absolute atomic E-state index is 0.0301. The highest BCUT2D eigenvalue weighted by molar-refractivity contribution is 5.97. The van der Waals surface area contributed by atoms with Gasteiger partial charge in [-0.05, 0) is 54.4 Å². The zero-order valence-corrected chi connectivity index (χ0v) is 21.1. The molecule has 0 spiro atoms. The fourth-order valence-corrected chi connectivity index (χ4v) is 4.89. The summed E-state index contributed by atoms with van der Waals surface area (Å²) in [5.41, 5.74) is 2.90. The molecule has 41 heavy (non-hydrogen) atoms. The lowest BCUT2D eigenvalue weighted by atomic mass is 9.89. The molecular formula is C29H20F3N5O4. The predicted octanol–water partition coefficient (Wildman–Crippen LogP) is 5.05. The van der Waals surface area contributed by atoms with E-state index < -0.39 is 29.6 Å². The van der Waals surface area contributed by atoms with E-state index in [9.17, 15) is 27.9 Å². The SMILES string of the molecule is O=C(O)c1ccc(-c2c(C3Cc4c(F)cc(F)cc4C(=O)N3)n[nH]c2CCc2nnc(-c3ccc(F)cc3)o2)cc1. The topological polar surface area (TPSA) is 134 Å². The highest BCUT2D eigenvalue weighted by Gasteiger charge is 2.32. The number of halogens is 3. The van der Waals surface area contributed by atoms with Gasteiger partial charge in [-0.3, -0.25) is 9.89 Å². The standard InChI is InChI=1S/C29H20F3N5O4/c30-17-7-5-15(6-8-17)28-37-35-24(41-28)10-9-22-25(14-1-3-16(4-2-14)29(39)40)26(36-34-22)23-13-19-20(27(38)33-23)11-18(31)12-21(19)32/h1-8,11-12,23H,9-10,13H2,(H,33,38)(H,34,36)(H,39,40). The van der Waals surface area contributed by atoms with Gasteiger partial charge in [0.05, 0.1) is 17.3 Å². The summed E-state index contributed by atoms with van der Waals surface area (Å²) in [6, 6.07) is 12.8. The first-order valence-electron chi connectivity index (χ1n) is 12.5. The Morgan fingerprint density at radius 3 is 2.41 bits per heavy atom. The maximum Gasteiger partial charge on any atom is 0.335 e. The summed E-state index contributed by atoms with van der Waals surface area (Å²) >= 11 is 0. The van der Waals surface area contributed by atoms with Gasteiger partial charge in [0, 0.05) is 46.9 Å². The summed E-state index contributed by atoms with van der Waals surface area (Å²) < 4.78 is 47.4.